The minimum Gasteiger partial charge on any atom is -0.327 e. The average Bonchev–Trinajstić information content (AvgIpc) is 3.11. The molecule has 2 fully saturated rings. The lowest BCUT2D eigenvalue weighted by atomic mass is 10.1. The van der Waals surface area contributed by atoms with E-state index in [0.717, 1.165) is 11.8 Å². The van der Waals surface area contributed by atoms with Crippen LogP contribution in [0.4, 0.5) is 0 Å². The molecule has 3 heteroatoms. The summed E-state index contributed by atoms with van der Waals surface area (Å²) in [6.45, 7) is 12.1. The fourth-order valence-corrected chi connectivity index (χ4v) is 2.80. The van der Waals surface area contributed by atoms with Crippen LogP contribution < -0.4 is 5.73 Å². The quantitative estimate of drug-likeness (QED) is 0.760. The molecule has 3 nitrogen and oxygen atoms in total. The number of nitrogens with two attached hydrogens (primary N) is 1. The van der Waals surface area contributed by atoms with Crippen molar-refractivity contribution >= 4 is 0 Å². The zero-order valence-corrected chi connectivity index (χ0v) is 11.6. The highest BCUT2D eigenvalue weighted by atomic mass is 15.3. The number of hydrogen-bond acceptors (Lipinski definition) is 3. The van der Waals surface area contributed by atoms with E-state index < -0.39 is 0 Å². The van der Waals surface area contributed by atoms with Gasteiger partial charge in [0.05, 0.1) is 0 Å². The van der Waals surface area contributed by atoms with Crippen LogP contribution in [0.2, 0.25) is 0 Å². The van der Waals surface area contributed by atoms with E-state index in [1.165, 1.54) is 58.5 Å². The molecule has 0 aromatic carbocycles. The van der Waals surface area contributed by atoms with E-state index in [4.69, 9.17) is 5.73 Å². The summed E-state index contributed by atoms with van der Waals surface area (Å²) in [5.41, 5.74) is 6.15. The first-order chi connectivity index (χ1) is 8.15. The number of piperazine rings is 1. The van der Waals surface area contributed by atoms with Gasteiger partial charge in [0.15, 0.2) is 0 Å². The number of rotatable bonds is 6. The molecule has 17 heavy (non-hydrogen) atoms. The van der Waals surface area contributed by atoms with Crippen molar-refractivity contribution in [2.24, 2.45) is 17.6 Å². The Morgan fingerprint density at radius 3 is 2.18 bits per heavy atom. The van der Waals surface area contributed by atoms with Crippen molar-refractivity contribution in [2.75, 3.05) is 39.3 Å². The van der Waals surface area contributed by atoms with Gasteiger partial charge in [-0.3, -0.25) is 0 Å². The third kappa shape index (κ3) is 4.57. The minimum absolute atomic E-state index is 0.476. The van der Waals surface area contributed by atoms with Crippen LogP contribution in [0.1, 0.15) is 33.1 Å². The first-order valence-electron chi connectivity index (χ1n) is 7.35. The standard InChI is InChI=1S/C14H29N3/c1-12(2)11-17-9-7-16(8-10-17)6-5-14(15)13-3-4-13/h12-14H,3-11,15H2,1-2H3. The van der Waals surface area contributed by atoms with Gasteiger partial charge in [-0.2, -0.15) is 0 Å². The van der Waals surface area contributed by atoms with Gasteiger partial charge in [0, 0.05) is 38.8 Å². The SMILES string of the molecule is CC(C)CN1CCN(CCC(N)C2CC2)CC1. The molecular formula is C14H29N3. The summed E-state index contributed by atoms with van der Waals surface area (Å²) in [5.74, 6) is 1.65. The van der Waals surface area contributed by atoms with Gasteiger partial charge in [-0.1, -0.05) is 13.8 Å². The molecule has 1 aliphatic heterocycles. The van der Waals surface area contributed by atoms with E-state index in [0.29, 0.717) is 6.04 Å². The predicted octanol–water partition coefficient (Wildman–Crippen LogP) is 1.39. The van der Waals surface area contributed by atoms with Crippen LogP contribution in [-0.4, -0.2) is 55.1 Å². The van der Waals surface area contributed by atoms with Gasteiger partial charge in [-0.05, 0) is 37.6 Å². The topological polar surface area (TPSA) is 32.5 Å². The molecule has 2 N–H and O–H groups in total. The number of nitrogens with zero attached hydrogens (tertiary/aromatic N) is 2. The van der Waals surface area contributed by atoms with Gasteiger partial charge in [0.2, 0.25) is 0 Å². The van der Waals surface area contributed by atoms with Crippen molar-refractivity contribution < 1.29 is 0 Å². The van der Waals surface area contributed by atoms with Crippen LogP contribution in [0, 0.1) is 11.8 Å². The van der Waals surface area contributed by atoms with Crippen molar-refractivity contribution in [1.29, 1.82) is 0 Å². The Hall–Kier alpha value is -0.120. The molecule has 2 aliphatic rings. The minimum atomic E-state index is 0.476. The number of hydrogen-bond donors (Lipinski definition) is 1. The second kappa shape index (κ2) is 6.17. The maximum Gasteiger partial charge on any atom is 0.0110 e. The third-order valence-electron chi connectivity index (χ3n) is 4.09. The summed E-state index contributed by atoms with van der Waals surface area (Å²) >= 11 is 0. The highest BCUT2D eigenvalue weighted by Gasteiger charge is 2.28. The zero-order valence-electron chi connectivity index (χ0n) is 11.6. The van der Waals surface area contributed by atoms with Gasteiger partial charge in [-0.15, -0.1) is 0 Å². The first kappa shape index (κ1) is 13.3. The molecule has 100 valence electrons. The van der Waals surface area contributed by atoms with Crippen molar-refractivity contribution in [3.63, 3.8) is 0 Å². The molecule has 1 saturated heterocycles. The van der Waals surface area contributed by atoms with Crippen LogP contribution in [-0.2, 0) is 0 Å². The molecule has 1 aliphatic carbocycles. The summed E-state index contributed by atoms with van der Waals surface area (Å²) in [5, 5.41) is 0. The van der Waals surface area contributed by atoms with E-state index in [1.54, 1.807) is 0 Å². The highest BCUT2D eigenvalue weighted by molar-refractivity contribution is 4.85. The van der Waals surface area contributed by atoms with E-state index in [2.05, 4.69) is 23.6 Å². The first-order valence-corrected chi connectivity index (χ1v) is 7.35. The normalized spacial score (nSPS) is 25.4. The van der Waals surface area contributed by atoms with Gasteiger partial charge >= 0.3 is 0 Å². The average molecular weight is 239 g/mol. The summed E-state index contributed by atoms with van der Waals surface area (Å²) in [7, 11) is 0. The lowest BCUT2D eigenvalue weighted by molar-refractivity contribution is 0.119. The molecule has 1 saturated carbocycles. The smallest absolute Gasteiger partial charge is 0.0110 e. The Morgan fingerprint density at radius 1 is 1.06 bits per heavy atom. The molecule has 0 bridgehead atoms. The predicted molar refractivity (Wildman–Crippen MR) is 73.0 cm³/mol. The Balaban J connectivity index is 1.58. The van der Waals surface area contributed by atoms with Crippen molar-refractivity contribution in [3.8, 4) is 0 Å². The Labute approximate surface area is 106 Å². The lowest BCUT2D eigenvalue weighted by Gasteiger charge is -2.35. The Morgan fingerprint density at radius 2 is 1.65 bits per heavy atom. The maximum atomic E-state index is 6.15. The summed E-state index contributed by atoms with van der Waals surface area (Å²) < 4.78 is 0. The molecule has 1 heterocycles. The van der Waals surface area contributed by atoms with E-state index in [1.807, 2.05) is 0 Å². The molecule has 1 atom stereocenters. The molecule has 0 spiro atoms. The van der Waals surface area contributed by atoms with Gasteiger partial charge in [0.25, 0.3) is 0 Å². The maximum absolute atomic E-state index is 6.15. The summed E-state index contributed by atoms with van der Waals surface area (Å²) in [6, 6.07) is 0.476. The summed E-state index contributed by atoms with van der Waals surface area (Å²) in [4.78, 5) is 5.20. The highest BCUT2D eigenvalue weighted by Crippen LogP contribution is 2.32. The van der Waals surface area contributed by atoms with Crippen molar-refractivity contribution in [2.45, 2.75) is 39.2 Å². The molecule has 2 rings (SSSR count). The third-order valence-corrected chi connectivity index (χ3v) is 4.09. The Kier molecular flexibility index (Phi) is 4.83. The lowest BCUT2D eigenvalue weighted by Crippen LogP contribution is -2.48. The van der Waals surface area contributed by atoms with E-state index in [9.17, 15) is 0 Å². The van der Waals surface area contributed by atoms with Crippen molar-refractivity contribution in [3.05, 3.63) is 0 Å². The molecule has 0 aromatic rings. The van der Waals surface area contributed by atoms with Crippen molar-refractivity contribution in [1.82, 2.24) is 9.80 Å². The molecular weight excluding hydrogens is 210 g/mol. The van der Waals surface area contributed by atoms with Gasteiger partial charge in [0.1, 0.15) is 0 Å². The van der Waals surface area contributed by atoms with Crippen LogP contribution in [0.5, 0.6) is 0 Å². The molecule has 0 aromatic heterocycles. The fourth-order valence-electron chi connectivity index (χ4n) is 2.80. The largest absolute Gasteiger partial charge is 0.327 e. The molecule has 0 radical (unpaired) electrons. The van der Waals surface area contributed by atoms with Crippen LogP contribution in [0.25, 0.3) is 0 Å². The fraction of sp³-hybridized carbons (Fsp3) is 1.00. The van der Waals surface area contributed by atoms with Crippen LogP contribution in [0.15, 0.2) is 0 Å². The second-order valence-corrected chi connectivity index (χ2v) is 6.33. The zero-order chi connectivity index (χ0) is 12.3. The van der Waals surface area contributed by atoms with Gasteiger partial charge < -0.3 is 15.5 Å². The summed E-state index contributed by atoms with van der Waals surface area (Å²) in [6.07, 6.45) is 3.96. The van der Waals surface area contributed by atoms with Crippen LogP contribution in [0.3, 0.4) is 0 Å². The molecule has 0 amide bonds. The van der Waals surface area contributed by atoms with Crippen LogP contribution >= 0.6 is 0 Å². The van der Waals surface area contributed by atoms with E-state index >= 15 is 0 Å². The van der Waals surface area contributed by atoms with Gasteiger partial charge in [-0.25, -0.2) is 0 Å². The van der Waals surface area contributed by atoms with E-state index in [-0.39, 0.29) is 0 Å². The second-order valence-electron chi connectivity index (χ2n) is 6.33. The Bertz CT molecular complexity index is 218. The molecule has 1 unspecified atom stereocenters. The monoisotopic (exact) mass is 239 g/mol.